The fourth-order valence-corrected chi connectivity index (χ4v) is 3.59. The molecule has 2 N–H and O–H groups in total. The first-order valence-corrected chi connectivity index (χ1v) is 10.1. The molecule has 0 bridgehead atoms. The highest BCUT2D eigenvalue weighted by atomic mass is 35.5. The van der Waals surface area contributed by atoms with Crippen LogP contribution in [0.5, 0.6) is 0 Å². The largest absolute Gasteiger partial charge is 0.324 e. The summed E-state index contributed by atoms with van der Waals surface area (Å²) < 4.78 is 0. The minimum Gasteiger partial charge on any atom is -0.324 e. The number of hydrogen-bond donors (Lipinski definition) is 2. The number of carbonyl (C=O) groups excluding carboxylic acids is 2. The van der Waals surface area contributed by atoms with Gasteiger partial charge in [-0.1, -0.05) is 43.6 Å². The van der Waals surface area contributed by atoms with E-state index in [1.165, 1.54) is 5.56 Å². The maximum absolute atomic E-state index is 12.8. The average Bonchev–Trinajstić information content (AvgIpc) is 3.18. The number of rotatable bonds is 5. The number of benzene rings is 2. The topological polar surface area (TPSA) is 61.4 Å². The van der Waals surface area contributed by atoms with E-state index in [0.29, 0.717) is 29.6 Å². The Kier molecular flexibility index (Phi) is 6.57. The summed E-state index contributed by atoms with van der Waals surface area (Å²) in [6.45, 7) is 4.89. The maximum Gasteiger partial charge on any atom is 0.322 e. The SMILES string of the molecule is CC[C@H](C)c1ccc(NC(=O)[C@H]2CCCN2C(=O)Nc2cccc(Cl)c2)cc1. The Morgan fingerprint density at radius 1 is 1.14 bits per heavy atom. The van der Waals surface area contributed by atoms with Gasteiger partial charge in [0.2, 0.25) is 5.91 Å². The molecule has 1 aliphatic heterocycles. The van der Waals surface area contributed by atoms with Gasteiger partial charge in [0, 0.05) is 22.9 Å². The van der Waals surface area contributed by atoms with Crippen LogP contribution in [0.25, 0.3) is 0 Å². The van der Waals surface area contributed by atoms with Crippen LogP contribution in [0.4, 0.5) is 16.2 Å². The van der Waals surface area contributed by atoms with Crippen molar-refractivity contribution in [2.24, 2.45) is 0 Å². The molecule has 3 amide bonds. The van der Waals surface area contributed by atoms with Crippen molar-refractivity contribution in [3.63, 3.8) is 0 Å². The second-order valence-corrected chi connectivity index (χ2v) is 7.65. The lowest BCUT2D eigenvalue weighted by molar-refractivity contribution is -0.119. The second-order valence-electron chi connectivity index (χ2n) is 7.21. The van der Waals surface area contributed by atoms with Crippen molar-refractivity contribution in [1.82, 2.24) is 4.90 Å². The Bertz CT molecular complexity index is 838. The van der Waals surface area contributed by atoms with Gasteiger partial charge in [-0.25, -0.2) is 4.79 Å². The molecule has 148 valence electrons. The summed E-state index contributed by atoms with van der Waals surface area (Å²) in [5, 5.41) is 6.32. The second kappa shape index (κ2) is 9.11. The Balaban J connectivity index is 1.63. The predicted octanol–water partition coefficient (Wildman–Crippen LogP) is 5.49. The molecular weight excluding hydrogens is 374 g/mol. The zero-order valence-corrected chi connectivity index (χ0v) is 17.0. The van der Waals surface area contributed by atoms with Gasteiger partial charge in [-0.2, -0.15) is 0 Å². The van der Waals surface area contributed by atoms with Gasteiger partial charge in [0.1, 0.15) is 6.04 Å². The van der Waals surface area contributed by atoms with Crippen LogP contribution in [-0.2, 0) is 4.79 Å². The van der Waals surface area contributed by atoms with Gasteiger partial charge < -0.3 is 15.5 Å². The quantitative estimate of drug-likeness (QED) is 0.698. The number of carbonyl (C=O) groups is 2. The summed E-state index contributed by atoms with van der Waals surface area (Å²) in [7, 11) is 0. The zero-order valence-electron chi connectivity index (χ0n) is 16.2. The van der Waals surface area contributed by atoms with Gasteiger partial charge in [-0.3, -0.25) is 4.79 Å². The lowest BCUT2D eigenvalue weighted by Crippen LogP contribution is -2.45. The molecule has 0 aliphatic carbocycles. The highest BCUT2D eigenvalue weighted by Gasteiger charge is 2.34. The van der Waals surface area contributed by atoms with E-state index in [9.17, 15) is 9.59 Å². The third-order valence-corrected chi connectivity index (χ3v) is 5.49. The predicted molar refractivity (Wildman–Crippen MR) is 114 cm³/mol. The van der Waals surface area contributed by atoms with E-state index < -0.39 is 6.04 Å². The summed E-state index contributed by atoms with van der Waals surface area (Å²) in [4.78, 5) is 27.0. The molecule has 28 heavy (non-hydrogen) atoms. The maximum atomic E-state index is 12.8. The first-order valence-electron chi connectivity index (χ1n) is 9.72. The molecular formula is C22H26ClN3O2. The van der Waals surface area contributed by atoms with Crippen LogP contribution in [0.1, 0.15) is 44.6 Å². The molecule has 5 nitrogen and oxygen atoms in total. The van der Waals surface area contributed by atoms with Crippen molar-refractivity contribution in [3.05, 3.63) is 59.1 Å². The van der Waals surface area contributed by atoms with E-state index in [1.807, 2.05) is 24.3 Å². The first-order chi connectivity index (χ1) is 13.5. The Labute approximate surface area is 171 Å². The van der Waals surface area contributed by atoms with Gasteiger partial charge in [0.05, 0.1) is 0 Å². The van der Waals surface area contributed by atoms with Gasteiger partial charge in [-0.05, 0) is 61.1 Å². The molecule has 2 aromatic carbocycles. The van der Waals surface area contributed by atoms with Crippen LogP contribution in [-0.4, -0.2) is 29.4 Å². The van der Waals surface area contributed by atoms with E-state index in [-0.39, 0.29) is 11.9 Å². The van der Waals surface area contributed by atoms with Crippen molar-refractivity contribution < 1.29 is 9.59 Å². The number of amides is 3. The number of likely N-dealkylation sites (tertiary alicyclic amines) is 1. The molecule has 0 spiro atoms. The van der Waals surface area contributed by atoms with Crippen LogP contribution in [0, 0.1) is 0 Å². The fraction of sp³-hybridized carbons (Fsp3) is 0.364. The van der Waals surface area contributed by atoms with Gasteiger partial charge in [-0.15, -0.1) is 0 Å². The van der Waals surface area contributed by atoms with Crippen LogP contribution in [0.3, 0.4) is 0 Å². The zero-order chi connectivity index (χ0) is 20.1. The number of halogens is 1. The molecule has 0 saturated carbocycles. The first kappa shape index (κ1) is 20.2. The Morgan fingerprint density at radius 3 is 2.57 bits per heavy atom. The number of anilines is 2. The van der Waals surface area contributed by atoms with Crippen molar-refractivity contribution in [1.29, 1.82) is 0 Å². The van der Waals surface area contributed by atoms with E-state index in [4.69, 9.17) is 11.6 Å². The highest BCUT2D eigenvalue weighted by molar-refractivity contribution is 6.30. The smallest absolute Gasteiger partial charge is 0.322 e. The molecule has 2 aromatic rings. The third-order valence-electron chi connectivity index (χ3n) is 5.25. The normalized spacial score (nSPS) is 17.2. The molecule has 1 heterocycles. The van der Waals surface area contributed by atoms with Crippen LogP contribution < -0.4 is 10.6 Å². The molecule has 0 radical (unpaired) electrons. The molecule has 1 aliphatic rings. The van der Waals surface area contributed by atoms with Crippen molar-refractivity contribution in [3.8, 4) is 0 Å². The highest BCUT2D eigenvalue weighted by Crippen LogP contribution is 2.23. The van der Waals surface area contributed by atoms with E-state index in [2.05, 4.69) is 24.5 Å². The summed E-state index contributed by atoms with van der Waals surface area (Å²) in [5.41, 5.74) is 2.62. The molecule has 2 atom stereocenters. The lowest BCUT2D eigenvalue weighted by Gasteiger charge is -2.24. The summed E-state index contributed by atoms with van der Waals surface area (Å²) in [6, 6.07) is 14.1. The summed E-state index contributed by atoms with van der Waals surface area (Å²) in [6.07, 6.45) is 2.53. The Hall–Kier alpha value is -2.53. The lowest BCUT2D eigenvalue weighted by atomic mass is 9.98. The minimum atomic E-state index is -0.478. The average molecular weight is 400 g/mol. The fourth-order valence-electron chi connectivity index (χ4n) is 3.40. The molecule has 3 rings (SSSR count). The van der Waals surface area contributed by atoms with Crippen molar-refractivity contribution in [2.75, 3.05) is 17.2 Å². The minimum absolute atomic E-state index is 0.157. The van der Waals surface area contributed by atoms with Crippen LogP contribution in [0.2, 0.25) is 5.02 Å². The van der Waals surface area contributed by atoms with Crippen molar-refractivity contribution in [2.45, 2.75) is 45.1 Å². The van der Waals surface area contributed by atoms with Gasteiger partial charge in [0.25, 0.3) is 0 Å². The molecule has 1 saturated heterocycles. The van der Waals surface area contributed by atoms with E-state index in [1.54, 1.807) is 29.2 Å². The monoisotopic (exact) mass is 399 g/mol. The third kappa shape index (κ3) is 4.84. The van der Waals surface area contributed by atoms with Gasteiger partial charge in [0.15, 0.2) is 0 Å². The van der Waals surface area contributed by atoms with Crippen molar-refractivity contribution >= 4 is 34.9 Å². The molecule has 1 fully saturated rings. The number of nitrogens with one attached hydrogen (secondary N) is 2. The number of hydrogen-bond acceptors (Lipinski definition) is 2. The number of nitrogens with zero attached hydrogens (tertiary/aromatic N) is 1. The standard InChI is InChI=1S/C22H26ClN3O2/c1-3-15(2)16-9-11-18(12-10-16)24-21(27)20-8-5-13-26(20)22(28)25-19-7-4-6-17(23)14-19/h4,6-7,9-12,14-15,20H,3,5,8,13H2,1-2H3,(H,24,27)(H,25,28)/t15-,20+/m0/s1. The van der Waals surface area contributed by atoms with E-state index in [0.717, 1.165) is 18.5 Å². The van der Waals surface area contributed by atoms with Crippen LogP contribution >= 0.6 is 11.6 Å². The Morgan fingerprint density at radius 2 is 1.89 bits per heavy atom. The molecule has 0 unspecified atom stereocenters. The van der Waals surface area contributed by atoms with Crippen LogP contribution in [0.15, 0.2) is 48.5 Å². The number of urea groups is 1. The summed E-state index contributed by atoms with van der Waals surface area (Å²) >= 11 is 5.97. The van der Waals surface area contributed by atoms with Gasteiger partial charge >= 0.3 is 6.03 Å². The van der Waals surface area contributed by atoms with E-state index >= 15 is 0 Å². The molecule has 6 heteroatoms. The molecule has 0 aromatic heterocycles. The summed E-state index contributed by atoms with van der Waals surface area (Å²) in [5.74, 6) is 0.334.